The highest BCUT2D eigenvalue weighted by atomic mass is 19.4. The van der Waals surface area contributed by atoms with Gasteiger partial charge >= 0.3 is 6.18 Å². The van der Waals surface area contributed by atoms with Gasteiger partial charge in [0.15, 0.2) is 0 Å². The van der Waals surface area contributed by atoms with Gasteiger partial charge in [0.05, 0.1) is 23.9 Å². The normalized spacial score (nSPS) is 17.6. The number of rotatable bonds is 8. The average Bonchev–Trinajstić information content (AvgIpc) is 2.73. The van der Waals surface area contributed by atoms with Crippen molar-refractivity contribution < 1.29 is 27.8 Å². The molecule has 1 unspecified atom stereocenters. The largest absolute Gasteiger partial charge is 0.416 e. The van der Waals surface area contributed by atoms with Crippen molar-refractivity contribution in [3.05, 3.63) is 70.8 Å². The molecule has 30 heavy (non-hydrogen) atoms. The number of hydrogen-bond donors (Lipinski definition) is 2. The Bertz CT molecular complexity index is 817. The van der Waals surface area contributed by atoms with Crippen molar-refractivity contribution in [2.75, 3.05) is 19.8 Å². The second-order valence-electron chi connectivity index (χ2n) is 7.90. The number of hydrogen-bond acceptors (Lipinski definition) is 4. The minimum absolute atomic E-state index is 0.122. The highest BCUT2D eigenvalue weighted by Gasteiger charge is 2.32. The molecule has 1 fully saturated rings. The summed E-state index contributed by atoms with van der Waals surface area (Å²) in [6.45, 7) is 4.12. The van der Waals surface area contributed by atoms with Crippen molar-refractivity contribution in [2.45, 2.75) is 50.8 Å². The molecule has 0 amide bonds. The lowest BCUT2D eigenvalue weighted by Crippen LogP contribution is -2.35. The fraction of sp³-hybridized carbons (Fsp3) is 0.478. The molecule has 2 aromatic carbocycles. The second kappa shape index (κ2) is 9.92. The fourth-order valence-corrected chi connectivity index (χ4v) is 3.47. The zero-order valence-electron chi connectivity index (χ0n) is 17.0. The minimum Gasteiger partial charge on any atom is -0.384 e. The summed E-state index contributed by atoms with van der Waals surface area (Å²) in [5.41, 5.74) is 0.111. The molecule has 0 radical (unpaired) electrons. The molecule has 0 saturated carbocycles. The molecule has 3 rings (SSSR count). The minimum atomic E-state index is -4.44. The molecule has 1 saturated heterocycles. The van der Waals surface area contributed by atoms with E-state index in [9.17, 15) is 18.3 Å². The van der Waals surface area contributed by atoms with Gasteiger partial charge < -0.3 is 19.9 Å². The number of nitrogens with one attached hydrogen (secondary N) is 1. The fourth-order valence-electron chi connectivity index (χ4n) is 3.47. The van der Waals surface area contributed by atoms with Crippen LogP contribution >= 0.6 is 0 Å². The summed E-state index contributed by atoms with van der Waals surface area (Å²) >= 11 is 0. The van der Waals surface area contributed by atoms with E-state index in [0.717, 1.165) is 49.3 Å². The maximum absolute atomic E-state index is 12.9. The number of aliphatic hydroxyl groups is 1. The Morgan fingerprint density at radius 3 is 2.43 bits per heavy atom. The van der Waals surface area contributed by atoms with Crippen LogP contribution in [-0.2, 0) is 34.4 Å². The molecule has 0 aromatic heterocycles. The van der Waals surface area contributed by atoms with Crippen LogP contribution in [0.5, 0.6) is 0 Å². The molecule has 1 heterocycles. The van der Waals surface area contributed by atoms with E-state index in [-0.39, 0.29) is 18.2 Å². The van der Waals surface area contributed by atoms with Gasteiger partial charge in [0.1, 0.15) is 0 Å². The first-order valence-electron chi connectivity index (χ1n) is 10.1. The van der Waals surface area contributed by atoms with Gasteiger partial charge in [-0.3, -0.25) is 0 Å². The van der Waals surface area contributed by atoms with Crippen LogP contribution in [0.2, 0.25) is 0 Å². The topological polar surface area (TPSA) is 50.7 Å². The van der Waals surface area contributed by atoms with E-state index in [1.54, 1.807) is 0 Å². The predicted molar refractivity (Wildman–Crippen MR) is 108 cm³/mol. The standard InChI is InChI=1S/C23H28F3NO3/c1-22(28,19-6-3-7-20(13-19)23(24,25)26)16-27-14-17-4-2-5-18(12-17)15-30-21-8-10-29-11-9-21/h2-7,12-13,21,27-28H,8-11,14-16H2,1H3. The van der Waals surface area contributed by atoms with E-state index >= 15 is 0 Å². The second-order valence-corrected chi connectivity index (χ2v) is 7.90. The SMILES string of the molecule is CC(O)(CNCc1cccc(COC2CCOCC2)c1)c1cccc(C(F)(F)F)c1. The third kappa shape index (κ3) is 6.54. The highest BCUT2D eigenvalue weighted by molar-refractivity contribution is 5.30. The van der Waals surface area contributed by atoms with E-state index in [1.807, 2.05) is 24.3 Å². The van der Waals surface area contributed by atoms with Gasteiger partial charge in [0.2, 0.25) is 0 Å². The lowest BCUT2D eigenvalue weighted by Gasteiger charge is -2.25. The maximum atomic E-state index is 12.9. The van der Waals surface area contributed by atoms with Crippen LogP contribution in [0.1, 0.15) is 42.0 Å². The average molecular weight is 423 g/mol. The Kier molecular flexibility index (Phi) is 7.52. The maximum Gasteiger partial charge on any atom is 0.416 e. The molecule has 1 aliphatic heterocycles. The first kappa shape index (κ1) is 22.7. The van der Waals surface area contributed by atoms with Gasteiger partial charge in [0.25, 0.3) is 0 Å². The molecular weight excluding hydrogens is 395 g/mol. The van der Waals surface area contributed by atoms with E-state index in [4.69, 9.17) is 9.47 Å². The molecule has 0 aliphatic carbocycles. The van der Waals surface area contributed by atoms with E-state index in [0.29, 0.717) is 13.2 Å². The van der Waals surface area contributed by atoms with Crippen LogP contribution in [0.15, 0.2) is 48.5 Å². The predicted octanol–water partition coefficient (Wildman–Crippen LogP) is 4.40. The van der Waals surface area contributed by atoms with Crippen LogP contribution in [0.25, 0.3) is 0 Å². The molecule has 1 atom stereocenters. The van der Waals surface area contributed by atoms with Crippen molar-refractivity contribution >= 4 is 0 Å². The molecular formula is C23H28F3NO3. The molecule has 0 bridgehead atoms. The van der Waals surface area contributed by atoms with Gasteiger partial charge in [-0.1, -0.05) is 36.4 Å². The molecule has 7 heteroatoms. The summed E-state index contributed by atoms with van der Waals surface area (Å²) in [4.78, 5) is 0. The summed E-state index contributed by atoms with van der Waals surface area (Å²) in [5.74, 6) is 0. The highest BCUT2D eigenvalue weighted by Crippen LogP contribution is 2.32. The van der Waals surface area contributed by atoms with Crippen molar-refractivity contribution in [1.29, 1.82) is 0 Å². The molecule has 0 spiro atoms. The number of ether oxygens (including phenoxy) is 2. The van der Waals surface area contributed by atoms with Crippen molar-refractivity contribution in [1.82, 2.24) is 5.32 Å². The monoisotopic (exact) mass is 423 g/mol. The molecule has 2 N–H and O–H groups in total. The number of halogens is 3. The molecule has 2 aromatic rings. The zero-order chi connectivity index (χ0) is 21.6. The third-order valence-corrected chi connectivity index (χ3v) is 5.26. The van der Waals surface area contributed by atoms with Gasteiger partial charge in [0, 0.05) is 26.3 Å². The Morgan fingerprint density at radius 2 is 1.70 bits per heavy atom. The Labute approximate surface area is 175 Å². The van der Waals surface area contributed by atoms with Crippen LogP contribution in [0.3, 0.4) is 0 Å². The van der Waals surface area contributed by atoms with Gasteiger partial charge in [-0.15, -0.1) is 0 Å². The summed E-state index contributed by atoms with van der Waals surface area (Å²) in [5, 5.41) is 13.8. The lowest BCUT2D eigenvalue weighted by atomic mass is 9.94. The number of benzene rings is 2. The first-order chi connectivity index (χ1) is 14.2. The summed E-state index contributed by atoms with van der Waals surface area (Å²) in [6.07, 6.45) is -2.40. The summed E-state index contributed by atoms with van der Waals surface area (Å²) in [7, 11) is 0. The van der Waals surface area contributed by atoms with Crippen LogP contribution in [0, 0.1) is 0 Å². The van der Waals surface area contributed by atoms with Crippen LogP contribution < -0.4 is 5.32 Å². The lowest BCUT2D eigenvalue weighted by molar-refractivity contribution is -0.137. The molecule has 164 valence electrons. The Morgan fingerprint density at radius 1 is 1.03 bits per heavy atom. The summed E-state index contributed by atoms with van der Waals surface area (Å²) in [6, 6.07) is 12.8. The first-order valence-corrected chi connectivity index (χ1v) is 10.1. The summed E-state index contributed by atoms with van der Waals surface area (Å²) < 4.78 is 50.1. The van der Waals surface area contributed by atoms with Gasteiger partial charge in [-0.05, 0) is 48.6 Å². The van der Waals surface area contributed by atoms with Crippen molar-refractivity contribution in [3.63, 3.8) is 0 Å². The number of alkyl halides is 3. The smallest absolute Gasteiger partial charge is 0.384 e. The zero-order valence-corrected chi connectivity index (χ0v) is 17.0. The quantitative estimate of drug-likeness (QED) is 0.661. The Balaban J connectivity index is 1.53. The van der Waals surface area contributed by atoms with Gasteiger partial charge in [-0.25, -0.2) is 0 Å². The molecule has 4 nitrogen and oxygen atoms in total. The van der Waals surface area contributed by atoms with Gasteiger partial charge in [-0.2, -0.15) is 13.2 Å². The third-order valence-electron chi connectivity index (χ3n) is 5.26. The van der Waals surface area contributed by atoms with Crippen molar-refractivity contribution in [2.24, 2.45) is 0 Å². The molecule has 1 aliphatic rings. The van der Waals surface area contributed by atoms with E-state index in [2.05, 4.69) is 5.32 Å². The van der Waals surface area contributed by atoms with Crippen LogP contribution in [-0.4, -0.2) is 31.0 Å². The Hall–Kier alpha value is -1.93. The van der Waals surface area contributed by atoms with E-state index < -0.39 is 17.3 Å². The van der Waals surface area contributed by atoms with Crippen molar-refractivity contribution in [3.8, 4) is 0 Å². The van der Waals surface area contributed by atoms with Crippen LogP contribution in [0.4, 0.5) is 13.2 Å². The van der Waals surface area contributed by atoms with E-state index in [1.165, 1.54) is 19.1 Å².